The molecule has 17 heavy (non-hydrogen) atoms. The first kappa shape index (κ1) is 12.6. The van der Waals surface area contributed by atoms with Crippen molar-refractivity contribution in [2.45, 2.75) is 46.5 Å². The lowest BCUT2D eigenvalue weighted by Crippen LogP contribution is -1.99. The smallest absolute Gasteiger partial charge is 0.157 e. The van der Waals surface area contributed by atoms with Gasteiger partial charge in [0.1, 0.15) is 4.60 Å². The van der Waals surface area contributed by atoms with Crippen LogP contribution in [-0.2, 0) is 6.42 Å². The molecule has 0 bridgehead atoms. The van der Waals surface area contributed by atoms with E-state index in [0.717, 1.165) is 28.9 Å². The van der Waals surface area contributed by atoms with E-state index in [1.54, 1.807) is 0 Å². The lowest BCUT2D eigenvalue weighted by Gasteiger charge is -2.06. The SMILES string of the molecule is CCc1c(C)cc2nc(C(C)CC)nn2c1Br. The van der Waals surface area contributed by atoms with Crippen molar-refractivity contribution in [2.24, 2.45) is 0 Å². The normalized spacial score (nSPS) is 13.2. The molecule has 2 aromatic rings. The van der Waals surface area contributed by atoms with Gasteiger partial charge in [0.25, 0.3) is 0 Å². The summed E-state index contributed by atoms with van der Waals surface area (Å²) < 4.78 is 2.95. The summed E-state index contributed by atoms with van der Waals surface area (Å²) in [6, 6.07) is 2.11. The first-order valence-electron chi connectivity index (χ1n) is 6.13. The molecule has 1 atom stereocenters. The monoisotopic (exact) mass is 295 g/mol. The fourth-order valence-corrected chi connectivity index (χ4v) is 2.82. The standard InChI is InChI=1S/C13H18BrN3/c1-5-8(3)13-15-11-7-9(4)10(6-2)12(14)17(11)16-13/h7-8H,5-6H2,1-4H3. The fourth-order valence-electron chi connectivity index (χ4n) is 1.97. The van der Waals surface area contributed by atoms with E-state index in [0.29, 0.717) is 5.92 Å². The second kappa shape index (κ2) is 4.77. The summed E-state index contributed by atoms with van der Waals surface area (Å²) in [4.78, 5) is 4.60. The predicted octanol–water partition coefficient (Wildman–Crippen LogP) is 3.88. The van der Waals surface area contributed by atoms with Crippen LogP contribution < -0.4 is 0 Å². The van der Waals surface area contributed by atoms with Gasteiger partial charge in [-0.2, -0.15) is 0 Å². The van der Waals surface area contributed by atoms with Crippen LogP contribution in [0.5, 0.6) is 0 Å². The van der Waals surface area contributed by atoms with Gasteiger partial charge in [-0.3, -0.25) is 0 Å². The topological polar surface area (TPSA) is 30.2 Å². The zero-order chi connectivity index (χ0) is 12.6. The molecular formula is C13H18BrN3. The van der Waals surface area contributed by atoms with Crippen LogP contribution in [0.25, 0.3) is 5.65 Å². The molecule has 0 spiro atoms. The summed E-state index contributed by atoms with van der Waals surface area (Å²) in [6.07, 6.45) is 2.06. The number of aryl methyl sites for hydroxylation is 1. The van der Waals surface area contributed by atoms with E-state index < -0.39 is 0 Å². The highest BCUT2D eigenvalue weighted by Crippen LogP contribution is 2.24. The Labute approximate surface area is 110 Å². The molecule has 2 aromatic heterocycles. The van der Waals surface area contributed by atoms with Crippen molar-refractivity contribution in [3.63, 3.8) is 0 Å². The van der Waals surface area contributed by atoms with Gasteiger partial charge in [-0.05, 0) is 52.9 Å². The van der Waals surface area contributed by atoms with Gasteiger partial charge in [0.2, 0.25) is 0 Å². The predicted molar refractivity (Wildman–Crippen MR) is 73.5 cm³/mol. The molecule has 0 aliphatic heterocycles. The molecule has 3 nitrogen and oxygen atoms in total. The minimum absolute atomic E-state index is 0.409. The number of hydrogen-bond donors (Lipinski definition) is 0. The highest BCUT2D eigenvalue weighted by Gasteiger charge is 2.14. The van der Waals surface area contributed by atoms with Crippen LogP contribution in [0.15, 0.2) is 10.7 Å². The third kappa shape index (κ3) is 2.10. The minimum atomic E-state index is 0.409. The van der Waals surface area contributed by atoms with Crippen molar-refractivity contribution >= 4 is 21.6 Å². The molecule has 0 aliphatic rings. The Morgan fingerprint density at radius 3 is 2.71 bits per heavy atom. The molecule has 0 radical (unpaired) electrons. The van der Waals surface area contributed by atoms with Gasteiger partial charge < -0.3 is 0 Å². The Morgan fingerprint density at radius 1 is 1.41 bits per heavy atom. The lowest BCUT2D eigenvalue weighted by molar-refractivity contribution is 0.674. The van der Waals surface area contributed by atoms with Crippen LogP contribution in [0.2, 0.25) is 0 Å². The van der Waals surface area contributed by atoms with E-state index in [9.17, 15) is 0 Å². The average Bonchev–Trinajstić information content (AvgIpc) is 2.72. The van der Waals surface area contributed by atoms with Gasteiger partial charge in [-0.1, -0.05) is 20.8 Å². The fraction of sp³-hybridized carbons (Fsp3) is 0.538. The summed E-state index contributed by atoms with van der Waals surface area (Å²) in [7, 11) is 0. The number of halogens is 1. The summed E-state index contributed by atoms with van der Waals surface area (Å²) >= 11 is 3.64. The first-order valence-corrected chi connectivity index (χ1v) is 6.92. The molecule has 0 aromatic carbocycles. The molecule has 92 valence electrons. The summed E-state index contributed by atoms with van der Waals surface area (Å²) in [6.45, 7) is 8.61. The maximum absolute atomic E-state index is 4.60. The van der Waals surface area contributed by atoms with Crippen molar-refractivity contribution < 1.29 is 0 Å². The molecular weight excluding hydrogens is 278 g/mol. The number of aromatic nitrogens is 3. The molecule has 0 aliphatic carbocycles. The number of hydrogen-bond acceptors (Lipinski definition) is 2. The van der Waals surface area contributed by atoms with Gasteiger partial charge in [-0.25, -0.2) is 9.50 Å². The molecule has 0 amide bonds. The highest BCUT2D eigenvalue weighted by atomic mass is 79.9. The van der Waals surface area contributed by atoms with Crippen LogP contribution >= 0.6 is 15.9 Å². The summed E-state index contributed by atoms with van der Waals surface area (Å²) in [5.41, 5.74) is 3.51. The molecule has 2 rings (SSSR count). The van der Waals surface area contributed by atoms with Crippen LogP contribution in [0.1, 0.15) is 50.1 Å². The van der Waals surface area contributed by atoms with Gasteiger partial charge in [-0.15, -0.1) is 5.10 Å². The second-order valence-electron chi connectivity index (χ2n) is 4.50. The van der Waals surface area contributed by atoms with Crippen LogP contribution in [0.4, 0.5) is 0 Å². The molecule has 0 N–H and O–H groups in total. The lowest BCUT2D eigenvalue weighted by atomic mass is 10.1. The molecule has 1 unspecified atom stereocenters. The number of pyridine rings is 1. The van der Waals surface area contributed by atoms with E-state index in [4.69, 9.17) is 0 Å². The Morgan fingerprint density at radius 2 is 2.12 bits per heavy atom. The van der Waals surface area contributed by atoms with Crippen molar-refractivity contribution in [2.75, 3.05) is 0 Å². The Bertz CT molecular complexity index is 545. The Balaban J connectivity index is 2.65. The maximum atomic E-state index is 4.60. The Kier molecular flexibility index (Phi) is 3.52. The van der Waals surface area contributed by atoms with Gasteiger partial charge >= 0.3 is 0 Å². The second-order valence-corrected chi connectivity index (χ2v) is 5.25. The maximum Gasteiger partial charge on any atom is 0.157 e. The first-order chi connectivity index (χ1) is 8.08. The molecule has 0 saturated heterocycles. The zero-order valence-corrected chi connectivity index (χ0v) is 12.4. The third-order valence-corrected chi connectivity index (χ3v) is 4.13. The van der Waals surface area contributed by atoms with Gasteiger partial charge in [0.15, 0.2) is 11.5 Å². The summed E-state index contributed by atoms with van der Waals surface area (Å²) in [5, 5.41) is 4.59. The van der Waals surface area contributed by atoms with Gasteiger partial charge in [0, 0.05) is 5.92 Å². The zero-order valence-electron chi connectivity index (χ0n) is 10.8. The van der Waals surface area contributed by atoms with Crippen LogP contribution in [0, 0.1) is 6.92 Å². The average molecular weight is 296 g/mol. The highest BCUT2D eigenvalue weighted by molar-refractivity contribution is 9.10. The van der Waals surface area contributed by atoms with E-state index in [2.05, 4.69) is 59.8 Å². The van der Waals surface area contributed by atoms with Crippen molar-refractivity contribution in [1.29, 1.82) is 0 Å². The quantitative estimate of drug-likeness (QED) is 0.805. The summed E-state index contributed by atoms with van der Waals surface area (Å²) in [5.74, 6) is 1.34. The van der Waals surface area contributed by atoms with E-state index in [-0.39, 0.29) is 0 Å². The molecule has 0 fully saturated rings. The van der Waals surface area contributed by atoms with Crippen molar-refractivity contribution in [3.05, 3.63) is 27.6 Å². The van der Waals surface area contributed by atoms with E-state index in [1.807, 2.05) is 4.52 Å². The van der Waals surface area contributed by atoms with Crippen molar-refractivity contribution in [1.82, 2.24) is 14.6 Å². The van der Waals surface area contributed by atoms with Crippen LogP contribution in [0.3, 0.4) is 0 Å². The van der Waals surface area contributed by atoms with E-state index >= 15 is 0 Å². The molecule has 0 saturated carbocycles. The largest absolute Gasteiger partial charge is 0.212 e. The van der Waals surface area contributed by atoms with Crippen molar-refractivity contribution in [3.8, 4) is 0 Å². The van der Waals surface area contributed by atoms with Gasteiger partial charge in [0.05, 0.1) is 0 Å². The Hall–Kier alpha value is -0.900. The number of nitrogens with zero attached hydrogens (tertiary/aromatic N) is 3. The van der Waals surface area contributed by atoms with E-state index in [1.165, 1.54) is 11.1 Å². The molecule has 2 heterocycles. The minimum Gasteiger partial charge on any atom is -0.212 e. The molecule has 4 heteroatoms. The van der Waals surface area contributed by atoms with Crippen LogP contribution in [-0.4, -0.2) is 14.6 Å². The number of rotatable bonds is 3. The number of fused-ring (bicyclic) bond motifs is 1. The third-order valence-electron chi connectivity index (χ3n) is 3.31.